The summed E-state index contributed by atoms with van der Waals surface area (Å²) >= 11 is 8.41. The molecule has 2 aromatic rings. The van der Waals surface area contributed by atoms with Crippen molar-refractivity contribution in [1.82, 2.24) is 10.2 Å². The van der Waals surface area contributed by atoms with E-state index in [0.717, 1.165) is 4.88 Å². The Labute approximate surface area is 105 Å². The van der Waals surface area contributed by atoms with Crippen molar-refractivity contribution >= 4 is 34.7 Å². The van der Waals surface area contributed by atoms with E-state index in [2.05, 4.69) is 16.3 Å². The van der Waals surface area contributed by atoms with Crippen LogP contribution in [0.1, 0.15) is 6.92 Å². The van der Waals surface area contributed by atoms with Crippen molar-refractivity contribution in [2.45, 2.75) is 17.4 Å². The third kappa shape index (κ3) is 2.55. The van der Waals surface area contributed by atoms with Crippen LogP contribution < -0.4 is 0 Å². The van der Waals surface area contributed by atoms with Gasteiger partial charge in [0.25, 0.3) is 11.1 Å². The van der Waals surface area contributed by atoms with Crippen molar-refractivity contribution in [3.8, 4) is 16.8 Å². The van der Waals surface area contributed by atoms with Gasteiger partial charge in [-0.1, -0.05) is 11.6 Å². The number of thiophene rings is 1. The van der Waals surface area contributed by atoms with Gasteiger partial charge >= 0.3 is 0 Å². The second-order valence-corrected chi connectivity index (χ2v) is 5.87. The van der Waals surface area contributed by atoms with E-state index >= 15 is 0 Å². The van der Waals surface area contributed by atoms with Crippen LogP contribution >= 0.6 is 34.7 Å². The molecule has 4 nitrogen and oxygen atoms in total. The van der Waals surface area contributed by atoms with Crippen LogP contribution in [0.4, 0.5) is 0 Å². The Morgan fingerprint density at radius 3 is 3.00 bits per heavy atom. The molecule has 16 heavy (non-hydrogen) atoms. The summed E-state index contributed by atoms with van der Waals surface area (Å²) in [7, 11) is 0. The van der Waals surface area contributed by atoms with Crippen LogP contribution in [-0.4, -0.2) is 15.4 Å². The predicted octanol–water partition coefficient (Wildman–Crippen LogP) is 3.46. The molecule has 0 amide bonds. The van der Waals surface area contributed by atoms with Crippen molar-refractivity contribution in [3.63, 3.8) is 0 Å². The topological polar surface area (TPSA) is 62.7 Å². The molecule has 0 fully saturated rings. The third-order valence-corrected chi connectivity index (χ3v) is 3.69. The molecule has 0 aliphatic heterocycles. The minimum absolute atomic E-state index is 0.208. The lowest BCUT2D eigenvalue weighted by Crippen LogP contribution is -1.88. The van der Waals surface area contributed by atoms with E-state index in [1.165, 1.54) is 23.1 Å². The summed E-state index contributed by atoms with van der Waals surface area (Å²) < 4.78 is 6.07. The lowest BCUT2D eigenvalue weighted by molar-refractivity contribution is 0.466. The SMILES string of the molecule is C[C@H](C#N)Sc1nnc(-c2ccc(Cl)s2)o1. The first kappa shape index (κ1) is 11.5. The molecule has 82 valence electrons. The number of rotatable bonds is 3. The van der Waals surface area contributed by atoms with Gasteiger partial charge in [-0.15, -0.1) is 21.5 Å². The maximum Gasteiger partial charge on any atom is 0.278 e. The fourth-order valence-electron chi connectivity index (χ4n) is 0.964. The molecule has 0 saturated heterocycles. The number of hydrogen-bond donors (Lipinski definition) is 0. The highest BCUT2D eigenvalue weighted by Gasteiger charge is 2.13. The highest BCUT2D eigenvalue weighted by atomic mass is 35.5. The molecule has 1 atom stereocenters. The minimum atomic E-state index is -0.208. The van der Waals surface area contributed by atoms with E-state index in [1.54, 1.807) is 13.0 Å². The van der Waals surface area contributed by atoms with E-state index in [0.29, 0.717) is 15.4 Å². The Balaban J connectivity index is 2.17. The summed E-state index contributed by atoms with van der Waals surface area (Å²) in [6.45, 7) is 1.77. The molecular formula is C9H6ClN3OS2. The lowest BCUT2D eigenvalue weighted by atomic mass is 10.5. The smallest absolute Gasteiger partial charge is 0.278 e. The van der Waals surface area contributed by atoms with Gasteiger partial charge in [0.05, 0.1) is 20.5 Å². The summed E-state index contributed by atoms with van der Waals surface area (Å²) in [6, 6.07) is 5.68. The molecule has 0 saturated carbocycles. The molecule has 0 unspecified atom stereocenters. The van der Waals surface area contributed by atoms with Crippen LogP contribution in [0, 0.1) is 11.3 Å². The van der Waals surface area contributed by atoms with Gasteiger partial charge in [0, 0.05) is 0 Å². The predicted molar refractivity (Wildman–Crippen MR) is 63.6 cm³/mol. The highest BCUT2D eigenvalue weighted by molar-refractivity contribution is 7.99. The first-order chi connectivity index (χ1) is 7.69. The molecule has 0 N–H and O–H groups in total. The second-order valence-electron chi connectivity index (χ2n) is 2.87. The molecule has 0 bridgehead atoms. The zero-order chi connectivity index (χ0) is 11.5. The van der Waals surface area contributed by atoms with E-state index in [4.69, 9.17) is 21.3 Å². The Kier molecular flexibility index (Phi) is 3.49. The zero-order valence-corrected chi connectivity index (χ0v) is 10.6. The first-order valence-corrected chi connectivity index (χ1v) is 6.42. The maximum absolute atomic E-state index is 8.65. The van der Waals surface area contributed by atoms with Gasteiger partial charge in [-0.2, -0.15) is 5.26 Å². The van der Waals surface area contributed by atoms with E-state index in [-0.39, 0.29) is 5.25 Å². The largest absolute Gasteiger partial charge is 0.410 e. The van der Waals surface area contributed by atoms with Crippen LogP contribution in [0.5, 0.6) is 0 Å². The molecule has 0 aromatic carbocycles. The quantitative estimate of drug-likeness (QED) is 0.800. The van der Waals surface area contributed by atoms with Gasteiger partial charge < -0.3 is 4.42 Å². The van der Waals surface area contributed by atoms with Crippen molar-refractivity contribution in [3.05, 3.63) is 16.5 Å². The molecule has 0 spiro atoms. The Morgan fingerprint density at radius 2 is 2.38 bits per heavy atom. The molecular weight excluding hydrogens is 266 g/mol. The fraction of sp³-hybridized carbons (Fsp3) is 0.222. The fourth-order valence-corrected chi connectivity index (χ4v) is 2.50. The number of hydrogen-bond acceptors (Lipinski definition) is 6. The van der Waals surface area contributed by atoms with E-state index in [9.17, 15) is 0 Å². The standard InChI is InChI=1S/C9H6ClN3OS2/c1-5(4-11)15-9-13-12-8(14-9)6-2-3-7(10)16-6/h2-3,5H,1H3/t5-/m1/s1. The Hall–Kier alpha value is -1.03. The van der Waals surface area contributed by atoms with Gasteiger partial charge in [0.15, 0.2) is 0 Å². The number of nitriles is 1. The molecule has 0 aliphatic rings. The van der Waals surface area contributed by atoms with Gasteiger partial charge in [-0.25, -0.2) is 0 Å². The molecule has 2 rings (SSSR count). The highest BCUT2D eigenvalue weighted by Crippen LogP contribution is 2.32. The molecule has 0 aliphatic carbocycles. The summed E-state index contributed by atoms with van der Waals surface area (Å²) in [6.07, 6.45) is 0. The van der Waals surface area contributed by atoms with Crippen LogP contribution in [0.15, 0.2) is 21.8 Å². The van der Waals surface area contributed by atoms with Crippen molar-refractivity contribution in [1.29, 1.82) is 5.26 Å². The molecule has 0 radical (unpaired) electrons. The summed E-state index contributed by atoms with van der Waals surface area (Å²) in [5.74, 6) is 0.435. The Bertz CT molecular complexity index is 531. The van der Waals surface area contributed by atoms with Crippen molar-refractivity contribution in [2.75, 3.05) is 0 Å². The second kappa shape index (κ2) is 4.87. The summed E-state index contributed by atoms with van der Waals surface area (Å²) in [4.78, 5) is 0.828. The molecule has 2 heterocycles. The molecule has 7 heteroatoms. The lowest BCUT2D eigenvalue weighted by Gasteiger charge is -1.93. The maximum atomic E-state index is 8.65. The normalized spacial score (nSPS) is 12.3. The third-order valence-electron chi connectivity index (χ3n) is 1.65. The first-order valence-electron chi connectivity index (χ1n) is 4.34. The molecule has 2 aromatic heterocycles. The van der Waals surface area contributed by atoms with Gasteiger partial charge in [-0.05, 0) is 30.8 Å². The number of thioether (sulfide) groups is 1. The van der Waals surface area contributed by atoms with E-state index in [1.807, 2.05) is 6.07 Å². The monoisotopic (exact) mass is 271 g/mol. The van der Waals surface area contributed by atoms with Gasteiger partial charge in [-0.3, -0.25) is 0 Å². The number of halogens is 1. The number of nitrogens with zero attached hydrogens (tertiary/aromatic N) is 3. The van der Waals surface area contributed by atoms with Gasteiger partial charge in [0.2, 0.25) is 0 Å². The number of aromatic nitrogens is 2. The summed E-state index contributed by atoms with van der Waals surface area (Å²) in [5.41, 5.74) is 0. The minimum Gasteiger partial charge on any atom is -0.410 e. The van der Waals surface area contributed by atoms with Crippen LogP contribution in [0.3, 0.4) is 0 Å². The van der Waals surface area contributed by atoms with Gasteiger partial charge in [0.1, 0.15) is 0 Å². The Morgan fingerprint density at radius 1 is 1.56 bits per heavy atom. The zero-order valence-electron chi connectivity index (χ0n) is 8.18. The average molecular weight is 272 g/mol. The van der Waals surface area contributed by atoms with Crippen LogP contribution in [0.2, 0.25) is 4.34 Å². The van der Waals surface area contributed by atoms with Crippen LogP contribution in [0.25, 0.3) is 10.8 Å². The van der Waals surface area contributed by atoms with Crippen molar-refractivity contribution in [2.24, 2.45) is 0 Å². The van der Waals surface area contributed by atoms with Crippen LogP contribution in [-0.2, 0) is 0 Å². The van der Waals surface area contributed by atoms with E-state index < -0.39 is 0 Å². The average Bonchev–Trinajstić information content (AvgIpc) is 2.87. The summed E-state index contributed by atoms with van der Waals surface area (Å²) in [5, 5.41) is 16.6. The van der Waals surface area contributed by atoms with Crippen molar-refractivity contribution < 1.29 is 4.42 Å².